The van der Waals surface area contributed by atoms with Crippen molar-refractivity contribution in [3.05, 3.63) is 35.9 Å². The lowest BCUT2D eigenvalue weighted by Gasteiger charge is -2.32. The number of benzene rings is 1. The quantitative estimate of drug-likeness (QED) is 0.894. The van der Waals surface area contributed by atoms with Crippen LogP contribution in [0.2, 0.25) is 0 Å². The van der Waals surface area contributed by atoms with Crippen molar-refractivity contribution >= 4 is 5.91 Å². The fraction of sp³-hybridized carbons (Fsp3) is 0.444. The smallest absolute Gasteiger partial charge is 0.252 e. The SMILES string of the molecule is N#Cc1ncn(CC(=O)NC2(c3ccc4c(c3)OCCO4)CCCC2)n1. The summed E-state index contributed by atoms with van der Waals surface area (Å²) in [6.07, 6.45) is 5.25. The molecular weight excluding hydrogens is 334 g/mol. The number of carbonyl (C=O) groups excluding carboxylic acids is 1. The van der Waals surface area contributed by atoms with Crippen LogP contribution in [0.3, 0.4) is 0 Å². The van der Waals surface area contributed by atoms with E-state index in [9.17, 15) is 4.79 Å². The molecule has 0 radical (unpaired) electrons. The van der Waals surface area contributed by atoms with Crippen LogP contribution in [0.4, 0.5) is 0 Å². The average Bonchev–Trinajstić information content (AvgIpc) is 3.31. The van der Waals surface area contributed by atoms with Gasteiger partial charge in [0.2, 0.25) is 5.91 Å². The first-order chi connectivity index (χ1) is 12.7. The predicted octanol–water partition coefficient (Wildman–Crippen LogP) is 1.51. The molecule has 2 heterocycles. The van der Waals surface area contributed by atoms with Gasteiger partial charge in [-0.05, 0) is 30.5 Å². The van der Waals surface area contributed by atoms with Crippen LogP contribution >= 0.6 is 0 Å². The number of ether oxygens (including phenoxy) is 2. The summed E-state index contributed by atoms with van der Waals surface area (Å²) in [6.45, 7) is 1.11. The molecule has 8 nitrogen and oxygen atoms in total. The largest absolute Gasteiger partial charge is 0.486 e. The molecule has 1 saturated carbocycles. The van der Waals surface area contributed by atoms with Crippen LogP contribution in [0.5, 0.6) is 11.5 Å². The highest BCUT2D eigenvalue weighted by Crippen LogP contribution is 2.42. The molecule has 8 heteroatoms. The molecule has 0 unspecified atom stereocenters. The van der Waals surface area contributed by atoms with Gasteiger partial charge in [0.25, 0.3) is 5.82 Å². The summed E-state index contributed by atoms with van der Waals surface area (Å²) in [4.78, 5) is 16.4. The molecule has 26 heavy (non-hydrogen) atoms. The molecule has 4 rings (SSSR count). The van der Waals surface area contributed by atoms with Crippen LogP contribution in [0.15, 0.2) is 24.5 Å². The van der Waals surface area contributed by atoms with E-state index < -0.39 is 5.54 Å². The van der Waals surface area contributed by atoms with Crippen LogP contribution in [-0.4, -0.2) is 33.9 Å². The second-order valence-electron chi connectivity index (χ2n) is 6.57. The van der Waals surface area contributed by atoms with Crippen molar-refractivity contribution in [3.63, 3.8) is 0 Å². The first-order valence-corrected chi connectivity index (χ1v) is 8.69. The summed E-state index contributed by atoms with van der Waals surface area (Å²) in [7, 11) is 0. The predicted molar refractivity (Wildman–Crippen MR) is 90.5 cm³/mol. The van der Waals surface area contributed by atoms with E-state index in [1.807, 2.05) is 24.3 Å². The van der Waals surface area contributed by atoms with Crippen molar-refractivity contribution in [2.24, 2.45) is 0 Å². The molecule has 1 N–H and O–H groups in total. The third-order valence-corrected chi connectivity index (χ3v) is 4.87. The summed E-state index contributed by atoms with van der Waals surface area (Å²) >= 11 is 0. The molecule has 2 aromatic rings. The van der Waals surface area contributed by atoms with Crippen molar-refractivity contribution in [2.75, 3.05) is 13.2 Å². The summed E-state index contributed by atoms with van der Waals surface area (Å²) in [5, 5.41) is 15.9. The Morgan fingerprint density at radius 2 is 2.04 bits per heavy atom. The number of hydrogen-bond donors (Lipinski definition) is 1. The van der Waals surface area contributed by atoms with Crippen molar-refractivity contribution in [1.82, 2.24) is 20.1 Å². The van der Waals surface area contributed by atoms with E-state index in [2.05, 4.69) is 15.4 Å². The average molecular weight is 353 g/mol. The summed E-state index contributed by atoms with van der Waals surface area (Å²) in [6, 6.07) is 7.74. The standard InChI is InChI=1S/C18H19N5O3/c19-10-16-20-12-23(22-16)11-17(24)21-18(5-1-2-6-18)13-3-4-14-15(9-13)26-8-7-25-14/h3-4,9,12H,1-2,5-8,11H2,(H,21,24). The van der Waals surface area contributed by atoms with E-state index in [1.165, 1.54) is 11.0 Å². The molecule has 1 fully saturated rings. The fourth-order valence-electron chi connectivity index (χ4n) is 3.68. The number of nitrogens with one attached hydrogen (secondary N) is 1. The number of aromatic nitrogens is 3. The Hall–Kier alpha value is -3.08. The van der Waals surface area contributed by atoms with Gasteiger partial charge in [-0.2, -0.15) is 5.26 Å². The fourth-order valence-corrected chi connectivity index (χ4v) is 3.68. The zero-order chi connectivity index (χ0) is 18.0. The molecule has 1 amide bonds. The normalized spacial score (nSPS) is 17.5. The number of fused-ring (bicyclic) bond motifs is 1. The minimum absolute atomic E-state index is 0.0288. The van der Waals surface area contributed by atoms with E-state index in [-0.39, 0.29) is 18.3 Å². The summed E-state index contributed by atoms with van der Waals surface area (Å²) in [5.74, 6) is 1.37. The Morgan fingerprint density at radius 1 is 1.27 bits per heavy atom. The van der Waals surface area contributed by atoms with E-state index in [1.54, 1.807) is 0 Å². The van der Waals surface area contributed by atoms with Gasteiger partial charge in [0.1, 0.15) is 32.2 Å². The Labute approximate surface area is 150 Å². The van der Waals surface area contributed by atoms with E-state index in [4.69, 9.17) is 14.7 Å². The first-order valence-electron chi connectivity index (χ1n) is 8.69. The third-order valence-electron chi connectivity index (χ3n) is 4.87. The van der Waals surface area contributed by atoms with Crippen molar-refractivity contribution in [2.45, 2.75) is 37.8 Å². The number of amides is 1. The van der Waals surface area contributed by atoms with Crippen molar-refractivity contribution in [1.29, 1.82) is 5.26 Å². The molecular formula is C18H19N5O3. The van der Waals surface area contributed by atoms with Crippen LogP contribution in [0.25, 0.3) is 0 Å². The maximum atomic E-state index is 12.6. The topological polar surface area (TPSA) is 102 Å². The highest BCUT2D eigenvalue weighted by atomic mass is 16.6. The molecule has 1 aromatic heterocycles. The maximum absolute atomic E-state index is 12.6. The van der Waals surface area contributed by atoms with Crippen molar-refractivity contribution < 1.29 is 14.3 Å². The van der Waals surface area contributed by atoms with Gasteiger partial charge in [-0.25, -0.2) is 9.67 Å². The van der Waals surface area contributed by atoms with Gasteiger partial charge in [-0.15, -0.1) is 5.10 Å². The van der Waals surface area contributed by atoms with Crippen LogP contribution in [0.1, 0.15) is 37.1 Å². The first kappa shape index (κ1) is 16.4. The molecule has 0 spiro atoms. The van der Waals surface area contributed by atoms with Crippen LogP contribution in [0, 0.1) is 11.3 Å². The molecule has 1 aliphatic heterocycles. The van der Waals surface area contributed by atoms with Crippen LogP contribution in [-0.2, 0) is 16.9 Å². The lowest BCUT2D eigenvalue weighted by atomic mass is 9.87. The van der Waals surface area contributed by atoms with Crippen LogP contribution < -0.4 is 14.8 Å². The minimum atomic E-state index is -0.411. The molecule has 2 aliphatic rings. The zero-order valence-electron chi connectivity index (χ0n) is 14.3. The Bertz CT molecular complexity index is 864. The van der Waals surface area contributed by atoms with Gasteiger partial charge in [0.05, 0.1) is 5.54 Å². The van der Waals surface area contributed by atoms with E-state index in [0.717, 1.165) is 42.7 Å². The van der Waals surface area contributed by atoms with Gasteiger partial charge in [-0.3, -0.25) is 4.79 Å². The third kappa shape index (κ3) is 3.08. The maximum Gasteiger partial charge on any atom is 0.252 e. The summed E-state index contributed by atoms with van der Waals surface area (Å²) in [5.41, 5.74) is 0.620. The second kappa shape index (κ2) is 6.67. The zero-order valence-corrected chi connectivity index (χ0v) is 14.3. The molecule has 134 valence electrons. The Kier molecular flexibility index (Phi) is 4.21. The minimum Gasteiger partial charge on any atom is -0.486 e. The van der Waals surface area contributed by atoms with Crippen molar-refractivity contribution in [3.8, 4) is 17.6 Å². The number of carbonyl (C=O) groups is 1. The monoisotopic (exact) mass is 353 g/mol. The van der Waals surface area contributed by atoms with Gasteiger partial charge < -0.3 is 14.8 Å². The Morgan fingerprint density at radius 3 is 2.77 bits per heavy atom. The lowest BCUT2D eigenvalue weighted by Crippen LogP contribution is -2.45. The van der Waals surface area contributed by atoms with Gasteiger partial charge in [0, 0.05) is 0 Å². The highest BCUT2D eigenvalue weighted by Gasteiger charge is 2.37. The Balaban J connectivity index is 1.54. The molecule has 0 atom stereocenters. The van der Waals surface area contributed by atoms with E-state index >= 15 is 0 Å². The van der Waals surface area contributed by atoms with Gasteiger partial charge in [-0.1, -0.05) is 18.9 Å². The molecule has 1 aromatic carbocycles. The van der Waals surface area contributed by atoms with Gasteiger partial charge in [0.15, 0.2) is 11.5 Å². The highest BCUT2D eigenvalue weighted by molar-refractivity contribution is 5.77. The van der Waals surface area contributed by atoms with E-state index in [0.29, 0.717) is 13.2 Å². The second-order valence-corrected chi connectivity index (χ2v) is 6.57. The molecule has 0 bridgehead atoms. The number of nitrogens with zero attached hydrogens (tertiary/aromatic N) is 4. The summed E-state index contributed by atoms with van der Waals surface area (Å²) < 4.78 is 12.7. The van der Waals surface area contributed by atoms with Gasteiger partial charge >= 0.3 is 0 Å². The number of nitriles is 1. The lowest BCUT2D eigenvalue weighted by molar-refractivity contribution is -0.123. The number of rotatable bonds is 4. The number of hydrogen-bond acceptors (Lipinski definition) is 6. The molecule has 0 saturated heterocycles. The molecule has 1 aliphatic carbocycles.